The molecule has 0 aliphatic rings. The molecule has 172 valence electrons. The summed E-state index contributed by atoms with van der Waals surface area (Å²) in [5, 5.41) is 19.3. The van der Waals surface area contributed by atoms with E-state index in [1.54, 1.807) is 4.57 Å². The summed E-state index contributed by atoms with van der Waals surface area (Å²) >= 11 is 0. The molecule has 0 N–H and O–H groups in total. The van der Waals surface area contributed by atoms with Gasteiger partial charge in [-0.15, -0.1) is 0 Å². The zero-order valence-corrected chi connectivity index (χ0v) is 19.7. The minimum absolute atomic E-state index is 0.127. The zero-order chi connectivity index (χ0) is 24.8. The largest absolute Gasteiger partial charge is 0.477 e. The molecule has 0 radical (unpaired) electrons. The van der Waals surface area contributed by atoms with Gasteiger partial charge in [0.1, 0.15) is 23.3 Å². The van der Waals surface area contributed by atoms with Gasteiger partial charge in [-0.25, -0.2) is 4.98 Å². The Morgan fingerprint density at radius 2 is 1.51 bits per heavy atom. The first kappa shape index (κ1) is 23.5. The molecule has 6 heteroatoms. The normalized spacial score (nSPS) is 10.4. The van der Waals surface area contributed by atoms with Gasteiger partial charge in [-0.05, 0) is 43.5 Å². The zero-order valence-electron chi connectivity index (χ0n) is 19.7. The first-order valence-corrected chi connectivity index (χ1v) is 11.3. The van der Waals surface area contributed by atoms with E-state index in [1.807, 2.05) is 86.6 Å². The number of pyridine rings is 2. The molecular weight excluding hydrogens is 436 g/mol. The number of rotatable bonds is 7. The van der Waals surface area contributed by atoms with E-state index in [0.29, 0.717) is 24.1 Å². The molecule has 4 aromatic rings. The van der Waals surface area contributed by atoms with Gasteiger partial charge < -0.3 is 9.30 Å². The number of hydrogen-bond acceptors (Lipinski definition) is 5. The monoisotopic (exact) mass is 460 g/mol. The summed E-state index contributed by atoms with van der Waals surface area (Å²) in [7, 11) is 0. The van der Waals surface area contributed by atoms with Crippen molar-refractivity contribution in [2.45, 2.75) is 26.8 Å². The van der Waals surface area contributed by atoms with Crippen LogP contribution in [0.2, 0.25) is 0 Å². The van der Waals surface area contributed by atoms with E-state index in [-0.39, 0.29) is 23.6 Å². The van der Waals surface area contributed by atoms with Crippen molar-refractivity contribution in [2.24, 2.45) is 0 Å². The maximum Gasteiger partial charge on any atom is 0.269 e. The molecule has 0 aliphatic heterocycles. The molecule has 0 bridgehead atoms. The second kappa shape index (κ2) is 10.5. The van der Waals surface area contributed by atoms with Crippen LogP contribution in [0.25, 0.3) is 22.4 Å². The number of hydrogen-bond donors (Lipinski definition) is 0. The lowest BCUT2D eigenvalue weighted by atomic mass is 10.0. The SMILES string of the molecule is Cc1cc(-c2ccccc2)nc(OCCCn2c(C)cc(-c3ccccc3)c(C#N)c2=O)c1C#N. The minimum atomic E-state index is -0.316. The van der Waals surface area contributed by atoms with Crippen molar-refractivity contribution in [3.8, 4) is 40.4 Å². The fourth-order valence-corrected chi connectivity index (χ4v) is 4.03. The van der Waals surface area contributed by atoms with Gasteiger partial charge in [0.05, 0.1) is 12.3 Å². The van der Waals surface area contributed by atoms with Gasteiger partial charge >= 0.3 is 0 Å². The standard InChI is InChI=1S/C29H24N4O2/c1-20-16-27(23-12-7-4-8-13-23)32-28(25(20)18-30)35-15-9-14-33-21(2)17-24(26(19-31)29(33)34)22-10-5-3-6-11-22/h3-8,10-13,16-17H,9,14-15H2,1-2H3. The molecule has 4 rings (SSSR count). The number of nitrogens with zero attached hydrogens (tertiary/aromatic N) is 4. The van der Waals surface area contributed by atoms with Gasteiger partial charge in [-0.1, -0.05) is 60.7 Å². The van der Waals surface area contributed by atoms with E-state index in [4.69, 9.17) is 4.74 Å². The third kappa shape index (κ3) is 4.98. The Bertz CT molecular complexity index is 1490. The molecule has 2 aromatic heterocycles. The molecule has 0 saturated heterocycles. The lowest BCUT2D eigenvalue weighted by molar-refractivity contribution is 0.289. The molecule has 0 aliphatic carbocycles. The summed E-state index contributed by atoms with van der Waals surface area (Å²) in [5.41, 5.74) is 4.92. The quantitative estimate of drug-likeness (QED) is 0.344. The minimum Gasteiger partial charge on any atom is -0.477 e. The second-order valence-corrected chi connectivity index (χ2v) is 8.19. The van der Waals surface area contributed by atoms with Gasteiger partial charge in [0, 0.05) is 23.4 Å². The highest BCUT2D eigenvalue weighted by molar-refractivity contribution is 5.70. The van der Waals surface area contributed by atoms with Gasteiger partial charge in [0.25, 0.3) is 5.56 Å². The van der Waals surface area contributed by atoms with Crippen LogP contribution >= 0.6 is 0 Å². The summed E-state index contributed by atoms with van der Waals surface area (Å²) in [6.45, 7) is 4.37. The first-order valence-electron chi connectivity index (χ1n) is 11.3. The Hall–Kier alpha value is -4.68. The molecule has 0 saturated carbocycles. The third-order valence-electron chi connectivity index (χ3n) is 5.83. The molecular formula is C29H24N4O2. The van der Waals surface area contributed by atoms with Gasteiger partial charge in [0.2, 0.25) is 5.88 Å². The average Bonchev–Trinajstić information content (AvgIpc) is 2.88. The smallest absolute Gasteiger partial charge is 0.269 e. The van der Waals surface area contributed by atoms with E-state index < -0.39 is 0 Å². The van der Waals surface area contributed by atoms with Crippen LogP contribution in [0.15, 0.2) is 77.6 Å². The Kier molecular flexibility index (Phi) is 7.04. The lowest BCUT2D eigenvalue weighted by Crippen LogP contribution is -2.26. The fraction of sp³-hybridized carbons (Fsp3) is 0.172. The summed E-state index contributed by atoms with van der Waals surface area (Å²) < 4.78 is 7.50. The molecule has 0 amide bonds. The van der Waals surface area contributed by atoms with Crippen molar-refractivity contribution in [3.63, 3.8) is 0 Å². The van der Waals surface area contributed by atoms with Gasteiger partial charge in [0.15, 0.2) is 0 Å². The van der Waals surface area contributed by atoms with E-state index in [0.717, 1.165) is 28.1 Å². The van der Waals surface area contributed by atoms with Crippen molar-refractivity contribution in [1.82, 2.24) is 9.55 Å². The molecule has 0 fully saturated rings. The molecule has 0 spiro atoms. The number of benzene rings is 2. The van der Waals surface area contributed by atoms with Gasteiger partial charge in [-0.2, -0.15) is 10.5 Å². The molecule has 2 heterocycles. The highest BCUT2D eigenvalue weighted by Crippen LogP contribution is 2.26. The second-order valence-electron chi connectivity index (χ2n) is 8.19. The fourth-order valence-electron chi connectivity index (χ4n) is 4.03. The molecule has 0 unspecified atom stereocenters. The van der Waals surface area contributed by atoms with Crippen LogP contribution in [0.4, 0.5) is 0 Å². The summed E-state index contributed by atoms with van der Waals surface area (Å²) in [5.74, 6) is 0.285. The van der Waals surface area contributed by atoms with Crippen molar-refractivity contribution < 1.29 is 4.74 Å². The number of nitriles is 2. The summed E-state index contributed by atoms with van der Waals surface area (Å²) in [4.78, 5) is 17.6. The number of aromatic nitrogens is 2. The van der Waals surface area contributed by atoms with E-state index in [1.165, 1.54) is 0 Å². The third-order valence-corrected chi connectivity index (χ3v) is 5.83. The molecule has 6 nitrogen and oxygen atoms in total. The van der Waals surface area contributed by atoms with Crippen molar-refractivity contribution in [1.29, 1.82) is 10.5 Å². The Morgan fingerprint density at radius 1 is 0.886 bits per heavy atom. The topological polar surface area (TPSA) is 91.7 Å². The maximum atomic E-state index is 13.1. The number of aryl methyl sites for hydroxylation is 2. The highest BCUT2D eigenvalue weighted by atomic mass is 16.5. The van der Waals surface area contributed by atoms with Gasteiger partial charge in [-0.3, -0.25) is 4.79 Å². The molecule has 35 heavy (non-hydrogen) atoms. The van der Waals surface area contributed by atoms with E-state index in [9.17, 15) is 15.3 Å². The summed E-state index contributed by atoms with van der Waals surface area (Å²) in [6.07, 6.45) is 0.511. The van der Waals surface area contributed by atoms with Crippen LogP contribution in [-0.2, 0) is 6.54 Å². The van der Waals surface area contributed by atoms with Crippen molar-refractivity contribution in [2.75, 3.05) is 6.61 Å². The predicted molar refractivity (Wildman–Crippen MR) is 135 cm³/mol. The van der Waals surface area contributed by atoms with Crippen LogP contribution in [0.1, 0.15) is 28.8 Å². The predicted octanol–water partition coefficient (Wildman–Crippen LogP) is 5.41. The van der Waals surface area contributed by atoms with Crippen LogP contribution in [0.5, 0.6) is 5.88 Å². The van der Waals surface area contributed by atoms with E-state index >= 15 is 0 Å². The average molecular weight is 461 g/mol. The lowest BCUT2D eigenvalue weighted by Gasteiger charge is -2.15. The van der Waals surface area contributed by atoms with Crippen molar-refractivity contribution in [3.05, 3.63) is 106 Å². The molecule has 0 atom stereocenters. The Labute approximate surface area is 204 Å². The first-order chi connectivity index (χ1) is 17.0. The van der Waals surface area contributed by atoms with Crippen LogP contribution in [0, 0.1) is 36.5 Å². The highest BCUT2D eigenvalue weighted by Gasteiger charge is 2.15. The van der Waals surface area contributed by atoms with E-state index in [2.05, 4.69) is 17.1 Å². The number of ether oxygens (including phenoxy) is 1. The Morgan fingerprint density at radius 3 is 2.14 bits per heavy atom. The molecule has 2 aromatic carbocycles. The Balaban J connectivity index is 1.53. The van der Waals surface area contributed by atoms with Crippen LogP contribution in [-0.4, -0.2) is 16.2 Å². The summed E-state index contributed by atoms with van der Waals surface area (Å²) in [6, 6.07) is 27.2. The van der Waals surface area contributed by atoms with Crippen molar-refractivity contribution >= 4 is 0 Å². The van der Waals surface area contributed by atoms with Crippen LogP contribution in [0.3, 0.4) is 0 Å². The van der Waals surface area contributed by atoms with Crippen LogP contribution < -0.4 is 10.3 Å². The maximum absolute atomic E-state index is 13.1.